The normalized spacial score (nSPS) is 16.0. The Morgan fingerprint density at radius 1 is 1.08 bits per heavy atom. The van der Waals surface area contributed by atoms with E-state index in [9.17, 15) is 14.0 Å². The zero-order valence-corrected chi connectivity index (χ0v) is 22.3. The monoisotopic (exact) mass is 541 g/mol. The Labute approximate surface area is 225 Å². The second-order valence-electron chi connectivity index (χ2n) is 9.55. The molecule has 0 aliphatic carbocycles. The van der Waals surface area contributed by atoms with Gasteiger partial charge < -0.3 is 19.7 Å². The van der Waals surface area contributed by atoms with Gasteiger partial charge in [0.25, 0.3) is 5.91 Å². The lowest BCUT2D eigenvalue weighted by molar-refractivity contribution is -0.122. The highest BCUT2D eigenvalue weighted by Gasteiger charge is 2.40. The molecule has 2 aromatic heterocycles. The van der Waals surface area contributed by atoms with Crippen molar-refractivity contribution in [3.8, 4) is 17.4 Å². The maximum atomic E-state index is 13.3. The number of aromatic nitrogens is 2. The minimum absolute atomic E-state index is 0.220. The van der Waals surface area contributed by atoms with Gasteiger partial charge in [0, 0.05) is 31.9 Å². The van der Waals surface area contributed by atoms with E-state index >= 15 is 0 Å². The highest BCUT2D eigenvalue weighted by molar-refractivity contribution is 6.33. The first-order chi connectivity index (χ1) is 18.1. The lowest BCUT2D eigenvalue weighted by Gasteiger charge is -2.48. The van der Waals surface area contributed by atoms with Crippen LogP contribution in [0.1, 0.15) is 31.1 Å². The number of pyridine rings is 2. The quantitative estimate of drug-likeness (QED) is 0.465. The Bertz CT molecular complexity index is 1300. The zero-order valence-electron chi connectivity index (χ0n) is 21.6. The maximum Gasteiger partial charge on any atom is 0.257 e. The standard InChI is InChI=1S/C27H29ClFN5O4/c1-17(25(35)32-23-10-9-20(14-30-23)38-19-7-5-18(29)6-8-19)33-11-12-34(27(2,3)16-33)26(36)21-15-31-24(37-4)13-22(21)28/h5-10,13-15,17H,11-12,16H2,1-4H3,(H,30,32,35). The molecule has 0 radical (unpaired) electrons. The first-order valence-corrected chi connectivity index (χ1v) is 12.4. The number of hydrogen-bond acceptors (Lipinski definition) is 7. The highest BCUT2D eigenvalue weighted by Crippen LogP contribution is 2.28. The van der Waals surface area contributed by atoms with Crippen molar-refractivity contribution in [3.63, 3.8) is 0 Å². The van der Waals surface area contributed by atoms with Crippen LogP contribution in [-0.2, 0) is 4.79 Å². The molecule has 3 heterocycles. The Kier molecular flexibility index (Phi) is 8.13. The van der Waals surface area contributed by atoms with Gasteiger partial charge >= 0.3 is 0 Å². The van der Waals surface area contributed by atoms with Gasteiger partial charge in [-0.1, -0.05) is 11.6 Å². The van der Waals surface area contributed by atoms with Crippen LogP contribution < -0.4 is 14.8 Å². The summed E-state index contributed by atoms with van der Waals surface area (Å²) in [5.41, 5.74) is -0.261. The first kappa shape index (κ1) is 27.3. The maximum absolute atomic E-state index is 13.3. The molecule has 9 nitrogen and oxygen atoms in total. The number of benzene rings is 1. The highest BCUT2D eigenvalue weighted by atomic mass is 35.5. The average molecular weight is 542 g/mol. The van der Waals surface area contributed by atoms with E-state index in [4.69, 9.17) is 21.1 Å². The largest absolute Gasteiger partial charge is 0.481 e. The third kappa shape index (κ3) is 6.20. The van der Waals surface area contributed by atoms with Crippen LogP contribution in [0.15, 0.2) is 54.9 Å². The molecular formula is C27H29ClFN5O4. The predicted molar refractivity (Wildman–Crippen MR) is 141 cm³/mol. The smallest absolute Gasteiger partial charge is 0.257 e. The molecule has 38 heavy (non-hydrogen) atoms. The molecule has 1 atom stereocenters. The molecule has 0 spiro atoms. The second kappa shape index (κ2) is 11.3. The lowest BCUT2D eigenvalue weighted by atomic mass is 9.96. The van der Waals surface area contributed by atoms with Crippen molar-refractivity contribution < 1.29 is 23.5 Å². The van der Waals surface area contributed by atoms with Gasteiger partial charge in [0.2, 0.25) is 11.8 Å². The number of carbonyl (C=O) groups is 2. The summed E-state index contributed by atoms with van der Waals surface area (Å²) in [5.74, 6) is 0.851. The summed E-state index contributed by atoms with van der Waals surface area (Å²) in [6.07, 6.45) is 2.90. The van der Waals surface area contributed by atoms with Gasteiger partial charge in [-0.3, -0.25) is 14.5 Å². The Morgan fingerprint density at radius 3 is 2.39 bits per heavy atom. The summed E-state index contributed by atoms with van der Waals surface area (Å²) in [6.45, 7) is 7.12. The topological polar surface area (TPSA) is 96.9 Å². The van der Waals surface area contributed by atoms with Crippen LogP contribution in [0.2, 0.25) is 5.02 Å². The third-order valence-corrected chi connectivity index (χ3v) is 6.72. The number of piperazine rings is 1. The van der Waals surface area contributed by atoms with Gasteiger partial charge in [-0.05, 0) is 57.2 Å². The number of carbonyl (C=O) groups excluding carboxylic acids is 2. The SMILES string of the molecule is COc1cc(Cl)c(C(=O)N2CCN(C(C)C(=O)Nc3ccc(Oc4ccc(F)cc4)cn3)CC2(C)C)cn1. The van der Waals surface area contributed by atoms with Gasteiger partial charge in [0.1, 0.15) is 23.1 Å². The molecular weight excluding hydrogens is 513 g/mol. The number of halogens is 2. The summed E-state index contributed by atoms with van der Waals surface area (Å²) < 4.78 is 23.8. The van der Waals surface area contributed by atoms with Crippen molar-refractivity contribution in [1.82, 2.24) is 19.8 Å². The molecule has 1 unspecified atom stereocenters. The van der Waals surface area contributed by atoms with Gasteiger partial charge in [0.15, 0.2) is 0 Å². The van der Waals surface area contributed by atoms with Crippen LogP contribution in [0.5, 0.6) is 17.4 Å². The van der Waals surface area contributed by atoms with Gasteiger partial charge in [0.05, 0.1) is 35.5 Å². The number of rotatable bonds is 7. The average Bonchev–Trinajstić information content (AvgIpc) is 2.89. The van der Waals surface area contributed by atoms with Crippen molar-refractivity contribution in [2.45, 2.75) is 32.4 Å². The van der Waals surface area contributed by atoms with E-state index in [-0.39, 0.29) is 22.7 Å². The van der Waals surface area contributed by atoms with E-state index < -0.39 is 11.6 Å². The second-order valence-corrected chi connectivity index (χ2v) is 9.95. The fourth-order valence-corrected chi connectivity index (χ4v) is 4.50. The van der Waals surface area contributed by atoms with Crippen LogP contribution >= 0.6 is 11.6 Å². The Morgan fingerprint density at radius 2 is 1.79 bits per heavy atom. The van der Waals surface area contributed by atoms with E-state index in [0.717, 1.165) is 0 Å². The van der Waals surface area contributed by atoms with Crippen molar-refractivity contribution in [3.05, 3.63) is 71.3 Å². The molecule has 0 saturated carbocycles. The van der Waals surface area contributed by atoms with Crippen molar-refractivity contribution in [2.24, 2.45) is 0 Å². The van der Waals surface area contributed by atoms with Crippen molar-refractivity contribution >= 4 is 29.2 Å². The number of anilines is 1. The van der Waals surface area contributed by atoms with Gasteiger partial charge in [-0.15, -0.1) is 0 Å². The Hall–Kier alpha value is -3.76. The molecule has 0 bridgehead atoms. The number of hydrogen-bond donors (Lipinski definition) is 1. The zero-order chi connectivity index (χ0) is 27.4. The van der Waals surface area contributed by atoms with E-state index in [1.165, 1.54) is 49.8 Å². The van der Waals surface area contributed by atoms with Crippen LogP contribution in [0.25, 0.3) is 0 Å². The fraction of sp³-hybridized carbons (Fsp3) is 0.333. The summed E-state index contributed by atoms with van der Waals surface area (Å²) in [6, 6.07) is 10.0. The number of methoxy groups -OCH3 is 1. The molecule has 2 amide bonds. The van der Waals surface area contributed by atoms with Crippen LogP contribution in [0, 0.1) is 5.82 Å². The molecule has 1 fully saturated rings. The molecule has 4 rings (SSSR count). The molecule has 3 aromatic rings. The lowest BCUT2D eigenvalue weighted by Crippen LogP contribution is -2.63. The minimum Gasteiger partial charge on any atom is -0.481 e. The van der Waals surface area contributed by atoms with E-state index in [2.05, 4.69) is 15.3 Å². The third-order valence-electron chi connectivity index (χ3n) is 6.41. The fourth-order valence-electron chi connectivity index (χ4n) is 4.28. The molecule has 1 N–H and O–H groups in total. The molecule has 1 saturated heterocycles. The first-order valence-electron chi connectivity index (χ1n) is 12.0. The van der Waals surface area contributed by atoms with E-state index in [0.29, 0.717) is 48.4 Å². The molecule has 11 heteroatoms. The molecule has 1 aliphatic heterocycles. The van der Waals surface area contributed by atoms with E-state index in [1.807, 2.05) is 25.7 Å². The summed E-state index contributed by atoms with van der Waals surface area (Å²) in [7, 11) is 1.48. The molecule has 1 aliphatic rings. The number of nitrogens with one attached hydrogen (secondary N) is 1. The molecule has 200 valence electrons. The van der Waals surface area contributed by atoms with Gasteiger partial charge in [-0.2, -0.15) is 0 Å². The van der Waals surface area contributed by atoms with Crippen LogP contribution in [0.3, 0.4) is 0 Å². The predicted octanol–water partition coefficient (Wildman–Crippen LogP) is 4.63. The number of ether oxygens (including phenoxy) is 2. The van der Waals surface area contributed by atoms with Gasteiger partial charge in [-0.25, -0.2) is 14.4 Å². The minimum atomic E-state index is -0.565. The van der Waals surface area contributed by atoms with E-state index in [1.54, 1.807) is 17.0 Å². The van der Waals surface area contributed by atoms with Crippen LogP contribution in [-0.4, -0.2) is 69.9 Å². The number of amides is 2. The summed E-state index contributed by atoms with van der Waals surface area (Å²) in [4.78, 5) is 38.4. The summed E-state index contributed by atoms with van der Waals surface area (Å²) >= 11 is 6.31. The van der Waals surface area contributed by atoms with Crippen molar-refractivity contribution in [1.29, 1.82) is 0 Å². The van der Waals surface area contributed by atoms with Crippen molar-refractivity contribution in [2.75, 3.05) is 32.1 Å². The summed E-state index contributed by atoms with van der Waals surface area (Å²) in [5, 5.41) is 3.10. The molecule has 1 aromatic carbocycles. The number of nitrogens with zero attached hydrogens (tertiary/aromatic N) is 4. The van der Waals surface area contributed by atoms with Crippen LogP contribution in [0.4, 0.5) is 10.2 Å². The Balaban J connectivity index is 1.35.